The van der Waals surface area contributed by atoms with E-state index in [1.54, 1.807) is 0 Å². The Kier molecular flexibility index (Phi) is 4.39. The molecule has 3 aromatic rings. The lowest BCUT2D eigenvalue weighted by Gasteiger charge is -2.32. The summed E-state index contributed by atoms with van der Waals surface area (Å²) in [5, 5.41) is 1.12. The van der Waals surface area contributed by atoms with Crippen molar-refractivity contribution < 1.29 is 0 Å². The maximum Gasteiger partial charge on any atom is 0.138 e. The van der Waals surface area contributed by atoms with Crippen LogP contribution in [0.15, 0.2) is 47.2 Å². The maximum atomic E-state index is 4.50. The Morgan fingerprint density at radius 3 is 2.58 bits per heavy atom. The number of hydrogen-bond acceptors (Lipinski definition) is 3. The zero-order valence-corrected chi connectivity index (χ0v) is 15.4. The molecule has 1 fully saturated rings. The van der Waals surface area contributed by atoms with E-state index in [1.807, 2.05) is 12.4 Å². The Morgan fingerprint density at radius 1 is 1.08 bits per heavy atom. The van der Waals surface area contributed by atoms with Crippen molar-refractivity contribution in [2.45, 2.75) is 6.54 Å². The number of halogens is 1. The van der Waals surface area contributed by atoms with Gasteiger partial charge in [0.25, 0.3) is 0 Å². The summed E-state index contributed by atoms with van der Waals surface area (Å²) in [6.07, 6.45) is 3.86. The number of nitrogens with one attached hydrogen (secondary N) is 1. The highest BCUT2D eigenvalue weighted by atomic mass is 79.9. The third-order valence-electron chi connectivity index (χ3n) is 4.77. The van der Waals surface area contributed by atoms with Crippen LogP contribution in [-0.2, 0) is 6.54 Å². The lowest BCUT2D eigenvalue weighted by molar-refractivity contribution is 0.148. The summed E-state index contributed by atoms with van der Waals surface area (Å²) in [5.74, 6) is 0. The van der Waals surface area contributed by atoms with Gasteiger partial charge in [0.2, 0.25) is 0 Å². The topological polar surface area (TPSA) is 35.2 Å². The minimum atomic E-state index is 0.914. The monoisotopic (exact) mass is 384 g/mol. The number of benzene rings is 1. The van der Waals surface area contributed by atoms with E-state index in [4.69, 9.17) is 0 Å². The molecule has 0 saturated carbocycles. The fourth-order valence-electron chi connectivity index (χ4n) is 3.20. The molecule has 0 unspecified atom stereocenters. The number of likely N-dealkylation sites (N-methyl/N-ethyl adjacent to an activating group) is 1. The fraction of sp³-hybridized carbons (Fsp3) is 0.316. The molecule has 0 atom stereocenters. The van der Waals surface area contributed by atoms with Gasteiger partial charge in [-0.05, 0) is 40.2 Å². The van der Waals surface area contributed by atoms with E-state index in [0.29, 0.717) is 0 Å². The van der Waals surface area contributed by atoms with E-state index in [0.717, 1.165) is 53.8 Å². The molecule has 1 N–H and O–H groups in total. The molecule has 1 aliphatic heterocycles. The maximum absolute atomic E-state index is 4.50. The molecule has 4 rings (SSSR count). The number of rotatable bonds is 3. The zero-order valence-electron chi connectivity index (χ0n) is 13.8. The van der Waals surface area contributed by atoms with Crippen LogP contribution in [-0.4, -0.2) is 53.0 Å². The Labute approximate surface area is 150 Å². The number of pyridine rings is 1. The largest absolute Gasteiger partial charge is 0.345 e. The second-order valence-corrected chi connectivity index (χ2v) is 7.39. The van der Waals surface area contributed by atoms with Crippen molar-refractivity contribution in [1.82, 2.24) is 19.8 Å². The van der Waals surface area contributed by atoms with Crippen LogP contribution in [0.1, 0.15) is 5.56 Å². The molecule has 3 heterocycles. The number of nitrogens with zero attached hydrogens (tertiary/aromatic N) is 3. The van der Waals surface area contributed by atoms with Crippen LogP contribution in [0, 0.1) is 0 Å². The molecule has 5 heteroatoms. The van der Waals surface area contributed by atoms with E-state index in [-0.39, 0.29) is 0 Å². The molecule has 0 bridgehead atoms. The molecule has 0 amide bonds. The van der Waals surface area contributed by atoms with E-state index in [9.17, 15) is 0 Å². The number of fused-ring (bicyclic) bond motifs is 1. The van der Waals surface area contributed by atoms with Crippen molar-refractivity contribution >= 4 is 27.0 Å². The number of aromatic nitrogens is 2. The van der Waals surface area contributed by atoms with Crippen molar-refractivity contribution in [2.24, 2.45) is 0 Å². The van der Waals surface area contributed by atoms with Crippen LogP contribution in [0.3, 0.4) is 0 Å². The van der Waals surface area contributed by atoms with Gasteiger partial charge in [-0.25, -0.2) is 4.98 Å². The van der Waals surface area contributed by atoms with Crippen molar-refractivity contribution in [3.63, 3.8) is 0 Å². The standard InChI is InChI=1S/C19H21BrN4/c1-23-6-8-24(9-7-23)13-14-2-4-15(5-3-14)16-10-17-18(20)12-22-19(17)21-11-16/h2-5,10-12H,6-9,13H2,1H3,(H,21,22). The Bertz CT molecular complexity index is 832. The van der Waals surface area contributed by atoms with E-state index in [2.05, 4.69) is 73.1 Å². The van der Waals surface area contributed by atoms with Crippen LogP contribution >= 0.6 is 15.9 Å². The highest BCUT2D eigenvalue weighted by Crippen LogP contribution is 2.27. The number of hydrogen-bond donors (Lipinski definition) is 1. The van der Waals surface area contributed by atoms with E-state index >= 15 is 0 Å². The van der Waals surface area contributed by atoms with E-state index in [1.165, 1.54) is 11.1 Å². The molecule has 0 spiro atoms. The van der Waals surface area contributed by atoms with Crippen molar-refractivity contribution in [1.29, 1.82) is 0 Å². The van der Waals surface area contributed by atoms with Gasteiger partial charge in [0, 0.05) is 60.5 Å². The number of piperazine rings is 1. The molecule has 0 aliphatic carbocycles. The zero-order chi connectivity index (χ0) is 16.5. The Hall–Kier alpha value is -1.69. The molecular weight excluding hydrogens is 364 g/mol. The molecule has 124 valence electrons. The summed E-state index contributed by atoms with van der Waals surface area (Å²) in [7, 11) is 2.19. The average Bonchev–Trinajstić information content (AvgIpc) is 2.98. The van der Waals surface area contributed by atoms with Gasteiger partial charge in [0.1, 0.15) is 5.65 Å². The molecule has 0 radical (unpaired) electrons. The molecular formula is C19H21BrN4. The van der Waals surface area contributed by atoms with Crippen LogP contribution < -0.4 is 0 Å². The first-order valence-electron chi connectivity index (χ1n) is 8.32. The predicted octanol–water partition coefficient (Wildman–Crippen LogP) is 3.74. The van der Waals surface area contributed by atoms with Gasteiger partial charge in [-0.3, -0.25) is 4.90 Å². The lowest BCUT2D eigenvalue weighted by Crippen LogP contribution is -2.43. The van der Waals surface area contributed by atoms with Gasteiger partial charge in [0.05, 0.1) is 0 Å². The second kappa shape index (κ2) is 6.67. The van der Waals surface area contributed by atoms with Crippen molar-refractivity contribution in [3.8, 4) is 11.1 Å². The van der Waals surface area contributed by atoms with Gasteiger partial charge >= 0.3 is 0 Å². The second-order valence-electron chi connectivity index (χ2n) is 6.53. The van der Waals surface area contributed by atoms with Gasteiger partial charge in [-0.15, -0.1) is 0 Å². The minimum Gasteiger partial charge on any atom is -0.345 e. The van der Waals surface area contributed by atoms with Crippen molar-refractivity contribution in [3.05, 3.63) is 52.8 Å². The van der Waals surface area contributed by atoms with Crippen LogP contribution in [0.4, 0.5) is 0 Å². The Balaban J connectivity index is 1.51. The number of H-pyrrole nitrogens is 1. The third kappa shape index (κ3) is 3.24. The first kappa shape index (κ1) is 15.8. The van der Waals surface area contributed by atoms with Gasteiger partial charge < -0.3 is 9.88 Å². The SMILES string of the molecule is CN1CCN(Cc2ccc(-c3cnc4[nH]cc(Br)c4c3)cc2)CC1. The smallest absolute Gasteiger partial charge is 0.138 e. The highest BCUT2D eigenvalue weighted by molar-refractivity contribution is 9.10. The summed E-state index contributed by atoms with van der Waals surface area (Å²) in [6.45, 7) is 5.67. The third-order valence-corrected chi connectivity index (χ3v) is 5.43. The molecule has 1 aromatic carbocycles. The minimum absolute atomic E-state index is 0.914. The predicted molar refractivity (Wildman–Crippen MR) is 102 cm³/mol. The number of aromatic amines is 1. The molecule has 4 nitrogen and oxygen atoms in total. The molecule has 24 heavy (non-hydrogen) atoms. The van der Waals surface area contributed by atoms with Crippen molar-refractivity contribution in [2.75, 3.05) is 33.2 Å². The molecule has 1 saturated heterocycles. The highest BCUT2D eigenvalue weighted by Gasteiger charge is 2.13. The van der Waals surface area contributed by atoms with Crippen LogP contribution in [0.25, 0.3) is 22.2 Å². The first-order valence-corrected chi connectivity index (χ1v) is 9.11. The van der Waals surface area contributed by atoms with Crippen LogP contribution in [0.2, 0.25) is 0 Å². The summed E-state index contributed by atoms with van der Waals surface area (Å²) >= 11 is 3.56. The quantitative estimate of drug-likeness (QED) is 0.746. The first-order chi connectivity index (χ1) is 11.7. The normalized spacial score (nSPS) is 16.8. The summed E-state index contributed by atoms with van der Waals surface area (Å²) in [6, 6.07) is 11.1. The molecule has 1 aliphatic rings. The van der Waals surface area contributed by atoms with Gasteiger partial charge in [0.15, 0.2) is 0 Å². The lowest BCUT2D eigenvalue weighted by atomic mass is 10.0. The van der Waals surface area contributed by atoms with Crippen LogP contribution in [0.5, 0.6) is 0 Å². The fourth-order valence-corrected chi connectivity index (χ4v) is 3.61. The summed E-state index contributed by atoms with van der Waals surface area (Å²) in [4.78, 5) is 12.6. The van der Waals surface area contributed by atoms with E-state index < -0.39 is 0 Å². The average molecular weight is 385 g/mol. The Morgan fingerprint density at radius 2 is 1.83 bits per heavy atom. The van der Waals surface area contributed by atoms with Gasteiger partial charge in [-0.2, -0.15) is 0 Å². The molecule has 2 aromatic heterocycles. The van der Waals surface area contributed by atoms with Gasteiger partial charge in [-0.1, -0.05) is 24.3 Å². The summed E-state index contributed by atoms with van der Waals surface area (Å²) < 4.78 is 1.05. The summed E-state index contributed by atoms with van der Waals surface area (Å²) in [5.41, 5.74) is 4.64.